The van der Waals surface area contributed by atoms with E-state index in [-0.39, 0.29) is 0 Å². The molecule has 1 heterocycles. The lowest BCUT2D eigenvalue weighted by atomic mass is 10.2. The van der Waals surface area contributed by atoms with Crippen LogP contribution in [0.25, 0.3) is 0 Å². The molecule has 0 atom stereocenters. The topological polar surface area (TPSA) is 66.9 Å². The average molecular weight is 285 g/mol. The van der Waals surface area contributed by atoms with Crippen molar-refractivity contribution < 1.29 is 9.47 Å². The minimum Gasteiger partial charge on any atom is -0.491 e. The molecule has 0 saturated carbocycles. The summed E-state index contributed by atoms with van der Waals surface area (Å²) >= 11 is 6.17. The number of benzene rings is 1. The Kier molecular flexibility index (Phi) is 4.70. The summed E-state index contributed by atoms with van der Waals surface area (Å²) in [5.74, 6) is 1.92. The fourth-order valence-corrected chi connectivity index (χ4v) is 2.06. The average Bonchev–Trinajstić information content (AvgIpc) is 2.90. The molecule has 0 bridgehead atoms. The highest BCUT2D eigenvalue weighted by Crippen LogP contribution is 2.36. The van der Waals surface area contributed by atoms with Gasteiger partial charge in [0.1, 0.15) is 6.67 Å². The van der Waals surface area contributed by atoms with Gasteiger partial charge in [-0.05, 0) is 24.6 Å². The van der Waals surface area contributed by atoms with Crippen LogP contribution in [0.15, 0.2) is 17.1 Å². The van der Waals surface area contributed by atoms with Crippen LogP contribution < -0.4 is 25.6 Å². The molecule has 1 aromatic rings. The first-order chi connectivity index (χ1) is 9.24. The molecule has 7 heteroatoms. The summed E-state index contributed by atoms with van der Waals surface area (Å²) in [6.07, 6.45) is 0. The number of halogens is 1. The van der Waals surface area contributed by atoms with E-state index in [1.54, 1.807) is 7.11 Å². The van der Waals surface area contributed by atoms with E-state index in [0.29, 0.717) is 42.3 Å². The summed E-state index contributed by atoms with van der Waals surface area (Å²) in [6, 6.07) is 3.75. The van der Waals surface area contributed by atoms with Crippen molar-refractivity contribution in [2.24, 2.45) is 4.99 Å². The van der Waals surface area contributed by atoms with Gasteiger partial charge >= 0.3 is 0 Å². The van der Waals surface area contributed by atoms with Gasteiger partial charge in [0.05, 0.1) is 18.7 Å². The number of hydrogen-bond acceptors (Lipinski definition) is 6. The van der Waals surface area contributed by atoms with Gasteiger partial charge in [-0.1, -0.05) is 11.6 Å². The third-order valence-electron chi connectivity index (χ3n) is 2.56. The Labute approximate surface area is 117 Å². The minimum atomic E-state index is 0.532. The molecule has 2 rings (SSSR count). The van der Waals surface area contributed by atoms with E-state index in [4.69, 9.17) is 21.1 Å². The molecule has 0 aliphatic carbocycles. The lowest BCUT2D eigenvalue weighted by molar-refractivity contribution is 0.310. The van der Waals surface area contributed by atoms with E-state index in [1.165, 1.54) is 0 Å². The predicted octanol–water partition coefficient (Wildman–Crippen LogP) is 1.26. The van der Waals surface area contributed by atoms with E-state index in [1.807, 2.05) is 19.1 Å². The van der Waals surface area contributed by atoms with Crippen LogP contribution in [0.5, 0.6) is 11.5 Å². The monoisotopic (exact) mass is 284 g/mol. The zero-order valence-electron chi connectivity index (χ0n) is 10.9. The molecule has 0 radical (unpaired) electrons. The second kappa shape index (κ2) is 6.49. The molecule has 19 heavy (non-hydrogen) atoms. The van der Waals surface area contributed by atoms with Gasteiger partial charge in [-0.3, -0.25) is 5.43 Å². The third kappa shape index (κ3) is 3.42. The second-order valence-corrected chi connectivity index (χ2v) is 4.27. The largest absolute Gasteiger partial charge is 0.491 e. The van der Waals surface area contributed by atoms with Crippen molar-refractivity contribution in [3.05, 3.63) is 22.7 Å². The molecule has 6 nitrogen and oxygen atoms in total. The van der Waals surface area contributed by atoms with Crippen LogP contribution in [-0.2, 0) is 6.54 Å². The second-order valence-electron chi connectivity index (χ2n) is 3.86. The van der Waals surface area contributed by atoms with E-state index in [0.717, 1.165) is 5.56 Å². The zero-order chi connectivity index (χ0) is 13.7. The number of hydrazine groups is 1. The SMILES string of the molecule is CCOc1cc(CNC2=NCNN2)cc(Cl)c1OC. The number of hydrogen-bond donors (Lipinski definition) is 3. The van der Waals surface area contributed by atoms with Gasteiger partial charge in [0.15, 0.2) is 11.5 Å². The lowest BCUT2D eigenvalue weighted by Gasteiger charge is -2.13. The van der Waals surface area contributed by atoms with Crippen molar-refractivity contribution in [1.29, 1.82) is 0 Å². The van der Waals surface area contributed by atoms with Gasteiger partial charge in [-0.15, -0.1) is 0 Å². The molecule has 3 N–H and O–H groups in total. The number of methoxy groups -OCH3 is 1. The normalized spacial score (nSPS) is 13.7. The fourth-order valence-electron chi connectivity index (χ4n) is 1.75. The number of nitrogens with one attached hydrogen (secondary N) is 3. The highest BCUT2D eigenvalue weighted by Gasteiger charge is 2.12. The molecule has 0 unspecified atom stereocenters. The Hall–Kier alpha value is -1.66. The molecule has 0 saturated heterocycles. The molecule has 104 valence electrons. The maximum absolute atomic E-state index is 6.17. The standard InChI is InChI=1S/C12H17ClN4O2/c1-3-19-10-5-8(4-9(13)11(10)18-2)6-14-12-15-7-16-17-12/h4-5,16H,3,6-7H2,1-2H3,(H2,14,15,17). The van der Waals surface area contributed by atoms with Crippen LogP contribution in [-0.4, -0.2) is 26.3 Å². The summed E-state index contributed by atoms with van der Waals surface area (Å²) < 4.78 is 10.8. The lowest BCUT2D eigenvalue weighted by Crippen LogP contribution is -2.38. The summed E-state index contributed by atoms with van der Waals surface area (Å²) in [5, 5.41) is 3.69. The molecule has 0 spiro atoms. The van der Waals surface area contributed by atoms with Gasteiger partial charge in [0.2, 0.25) is 5.96 Å². The zero-order valence-corrected chi connectivity index (χ0v) is 11.7. The van der Waals surface area contributed by atoms with Crippen molar-refractivity contribution >= 4 is 17.6 Å². The maximum Gasteiger partial charge on any atom is 0.207 e. The summed E-state index contributed by atoms with van der Waals surface area (Å²) in [7, 11) is 1.57. The van der Waals surface area contributed by atoms with Crippen molar-refractivity contribution in [2.45, 2.75) is 13.5 Å². The molecule has 1 aliphatic heterocycles. The molecular weight excluding hydrogens is 268 g/mol. The van der Waals surface area contributed by atoms with Crippen molar-refractivity contribution in [3.8, 4) is 11.5 Å². The van der Waals surface area contributed by atoms with Crippen molar-refractivity contribution in [3.63, 3.8) is 0 Å². The molecule has 1 aromatic carbocycles. The Bertz CT molecular complexity index is 479. The predicted molar refractivity (Wildman–Crippen MR) is 74.6 cm³/mol. The van der Waals surface area contributed by atoms with Gasteiger partial charge in [-0.2, -0.15) is 0 Å². The summed E-state index contributed by atoms with van der Waals surface area (Å²) in [6.45, 7) is 3.63. The van der Waals surface area contributed by atoms with E-state index in [9.17, 15) is 0 Å². The molecule has 0 fully saturated rings. The van der Waals surface area contributed by atoms with Crippen LogP contribution in [0, 0.1) is 0 Å². The first-order valence-electron chi connectivity index (χ1n) is 6.01. The first-order valence-corrected chi connectivity index (χ1v) is 6.38. The Morgan fingerprint density at radius 3 is 2.95 bits per heavy atom. The molecule has 0 aromatic heterocycles. The van der Waals surface area contributed by atoms with Gasteiger partial charge < -0.3 is 14.8 Å². The van der Waals surface area contributed by atoms with Gasteiger partial charge in [0, 0.05) is 6.54 Å². The van der Waals surface area contributed by atoms with Crippen LogP contribution in [0.2, 0.25) is 5.02 Å². The minimum absolute atomic E-state index is 0.532. The Morgan fingerprint density at radius 2 is 2.32 bits per heavy atom. The van der Waals surface area contributed by atoms with Crippen LogP contribution in [0.4, 0.5) is 0 Å². The number of nitrogens with zero attached hydrogens (tertiary/aromatic N) is 1. The Morgan fingerprint density at radius 1 is 1.47 bits per heavy atom. The highest BCUT2D eigenvalue weighted by molar-refractivity contribution is 6.32. The van der Waals surface area contributed by atoms with Gasteiger partial charge in [0.25, 0.3) is 0 Å². The quantitative estimate of drug-likeness (QED) is 0.760. The smallest absolute Gasteiger partial charge is 0.207 e. The van der Waals surface area contributed by atoms with E-state index < -0.39 is 0 Å². The Balaban J connectivity index is 2.11. The van der Waals surface area contributed by atoms with Gasteiger partial charge in [-0.25, -0.2) is 10.4 Å². The number of aliphatic imine (C=N–C) groups is 1. The van der Waals surface area contributed by atoms with Crippen LogP contribution in [0.3, 0.4) is 0 Å². The highest BCUT2D eigenvalue weighted by atomic mass is 35.5. The van der Waals surface area contributed by atoms with Crippen LogP contribution >= 0.6 is 11.6 Å². The van der Waals surface area contributed by atoms with Crippen LogP contribution in [0.1, 0.15) is 12.5 Å². The first kappa shape index (κ1) is 13.8. The van der Waals surface area contributed by atoms with Crippen molar-refractivity contribution in [2.75, 3.05) is 20.4 Å². The molecule has 1 aliphatic rings. The van der Waals surface area contributed by atoms with E-state index in [2.05, 4.69) is 21.2 Å². The molecular formula is C12H17ClN4O2. The third-order valence-corrected chi connectivity index (χ3v) is 2.84. The fraction of sp³-hybridized carbons (Fsp3) is 0.417. The van der Waals surface area contributed by atoms with Crippen molar-refractivity contribution in [1.82, 2.24) is 16.2 Å². The molecule has 0 amide bonds. The number of ether oxygens (including phenoxy) is 2. The maximum atomic E-state index is 6.17. The number of rotatable bonds is 5. The summed E-state index contributed by atoms with van der Waals surface area (Å²) in [4.78, 5) is 4.16. The van der Waals surface area contributed by atoms with E-state index >= 15 is 0 Å². The summed E-state index contributed by atoms with van der Waals surface area (Å²) in [5.41, 5.74) is 6.78. The number of guanidine groups is 1.